The van der Waals surface area contributed by atoms with Crippen LogP contribution in [0.25, 0.3) is 0 Å². The van der Waals surface area contributed by atoms with Gasteiger partial charge in [0, 0.05) is 44.0 Å². The molecule has 160 valence electrons. The van der Waals surface area contributed by atoms with Crippen LogP contribution < -0.4 is 15.4 Å². The van der Waals surface area contributed by atoms with Gasteiger partial charge in [-0.1, -0.05) is 0 Å². The maximum absolute atomic E-state index is 12.6. The van der Waals surface area contributed by atoms with Crippen LogP contribution in [-0.4, -0.2) is 47.4 Å². The van der Waals surface area contributed by atoms with Crippen molar-refractivity contribution in [3.63, 3.8) is 0 Å². The first kappa shape index (κ1) is 21.8. The fraction of sp³-hybridized carbons (Fsp3) is 0.435. The van der Waals surface area contributed by atoms with Crippen molar-refractivity contribution in [1.82, 2.24) is 15.2 Å². The Morgan fingerprint density at radius 3 is 2.67 bits per heavy atom. The zero-order valence-electron chi connectivity index (χ0n) is 17.9. The minimum atomic E-state index is -0.192. The van der Waals surface area contributed by atoms with Gasteiger partial charge in [-0.15, -0.1) is 0 Å². The van der Waals surface area contributed by atoms with Gasteiger partial charge < -0.3 is 20.3 Å². The molecule has 1 fully saturated rings. The molecule has 7 heteroatoms. The second kappa shape index (κ2) is 10.2. The summed E-state index contributed by atoms with van der Waals surface area (Å²) in [6.07, 6.45) is 3.87. The predicted octanol–water partition coefficient (Wildman–Crippen LogP) is 3.68. The zero-order valence-corrected chi connectivity index (χ0v) is 17.9. The largest absolute Gasteiger partial charge is 0.457 e. The number of anilines is 1. The first-order valence-corrected chi connectivity index (χ1v) is 10.4. The summed E-state index contributed by atoms with van der Waals surface area (Å²) in [6.45, 7) is 8.69. The van der Waals surface area contributed by atoms with Crippen molar-refractivity contribution in [2.75, 3.05) is 25.0 Å². The van der Waals surface area contributed by atoms with E-state index in [-0.39, 0.29) is 11.8 Å². The van der Waals surface area contributed by atoms with Crippen molar-refractivity contribution in [3.8, 4) is 11.5 Å². The number of likely N-dealkylation sites (tertiary alicyclic amines) is 1. The minimum Gasteiger partial charge on any atom is -0.457 e. The summed E-state index contributed by atoms with van der Waals surface area (Å²) in [5.41, 5.74) is 1.03. The second-order valence-corrected chi connectivity index (χ2v) is 7.99. The lowest BCUT2D eigenvalue weighted by Crippen LogP contribution is -2.43. The number of carbonyl (C=O) groups excluding carboxylic acids is 2. The van der Waals surface area contributed by atoms with Crippen LogP contribution in [-0.2, 0) is 4.79 Å². The molecular weight excluding hydrogens is 380 g/mol. The van der Waals surface area contributed by atoms with E-state index in [9.17, 15) is 9.59 Å². The standard InChI is InChI=1S/C23H30N4O3/c1-16(2)27-12-4-5-18(15-27)14-25-23(29)22-13-21(10-11-24-22)30-20-8-6-19(7-9-20)26-17(3)28/h6-11,13,16,18H,4-5,12,14-15H2,1-3H3,(H,25,29)(H,26,28)/t18-/m1/s1. The van der Waals surface area contributed by atoms with Gasteiger partial charge >= 0.3 is 0 Å². The number of ether oxygens (including phenoxy) is 1. The molecule has 0 saturated carbocycles. The number of piperidine rings is 1. The van der Waals surface area contributed by atoms with Gasteiger partial charge in [-0.05, 0) is 69.5 Å². The van der Waals surface area contributed by atoms with Gasteiger partial charge in [0.2, 0.25) is 5.91 Å². The van der Waals surface area contributed by atoms with Crippen LogP contribution in [0.1, 0.15) is 44.1 Å². The summed E-state index contributed by atoms with van der Waals surface area (Å²) in [5, 5.41) is 5.73. The Morgan fingerprint density at radius 2 is 1.97 bits per heavy atom. The number of aromatic nitrogens is 1. The van der Waals surface area contributed by atoms with Gasteiger partial charge in [0.25, 0.3) is 5.91 Å². The Bertz CT molecular complexity index is 867. The molecule has 2 heterocycles. The van der Waals surface area contributed by atoms with Crippen molar-refractivity contribution in [1.29, 1.82) is 0 Å². The summed E-state index contributed by atoms with van der Waals surface area (Å²) < 4.78 is 5.82. The third-order valence-corrected chi connectivity index (χ3v) is 5.21. The van der Waals surface area contributed by atoms with Crippen molar-refractivity contribution >= 4 is 17.5 Å². The van der Waals surface area contributed by atoms with E-state index in [2.05, 4.69) is 34.4 Å². The molecule has 0 spiro atoms. The van der Waals surface area contributed by atoms with Crippen molar-refractivity contribution < 1.29 is 14.3 Å². The van der Waals surface area contributed by atoms with Gasteiger partial charge in [0.15, 0.2) is 0 Å². The number of nitrogens with one attached hydrogen (secondary N) is 2. The Balaban J connectivity index is 1.55. The highest BCUT2D eigenvalue weighted by Gasteiger charge is 2.22. The van der Waals surface area contributed by atoms with Gasteiger partial charge in [0.1, 0.15) is 17.2 Å². The number of hydrogen-bond acceptors (Lipinski definition) is 5. The number of rotatable bonds is 7. The van der Waals surface area contributed by atoms with Crippen LogP contribution in [0.2, 0.25) is 0 Å². The number of amides is 2. The fourth-order valence-corrected chi connectivity index (χ4v) is 3.60. The lowest BCUT2D eigenvalue weighted by atomic mass is 9.97. The van der Waals surface area contributed by atoms with E-state index >= 15 is 0 Å². The smallest absolute Gasteiger partial charge is 0.270 e. The summed E-state index contributed by atoms with van der Waals surface area (Å²) in [6, 6.07) is 10.9. The normalized spacial score (nSPS) is 16.9. The Kier molecular flexibility index (Phi) is 7.41. The van der Waals surface area contributed by atoms with Crippen molar-refractivity contribution in [2.45, 2.75) is 39.7 Å². The number of carbonyl (C=O) groups is 2. The molecule has 0 aliphatic carbocycles. The van der Waals surface area contributed by atoms with Crippen LogP contribution in [0, 0.1) is 5.92 Å². The Hall–Kier alpha value is -2.93. The average molecular weight is 411 g/mol. The quantitative estimate of drug-likeness (QED) is 0.727. The van der Waals surface area contributed by atoms with Gasteiger partial charge in [0.05, 0.1) is 0 Å². The molecule has 0 unspecified atom stereocenters. The molecule has 0 bridgehead atoms. The van der Waals surface area contributed by atoms with E-state index in [0.29, 0.717) is 41.4 Å². The molecule has 1 saturated heterocycles. The number of benzene rings is 1. The monoisotopic (exact) mass is 410 g/mol. The summed E-state index contributed by atoms with van der Waals surface area (Å²) >= 11 is 0. The third-order valence-electron chi connectivity index (χ3n) is 5.21. The van der Waals surface area contributed by atoms with Crippen molar-refractivity contribution in [2.24, 2.45) is 5.92 Å². The van der Waals surface area contributed by atoms with E-state index < -0.39 is 0 Å². The van der Waals surface area contributed by atoms with Crippen molar-refractivity contribution in [3.05, 3.63) is 48.3 Å². The molecule has 1 aromatic carbocycles. The number of pyridine rings is 1. The SMILES string of the molecule is CC(=O)Nc1ccc(Oc2ccnc(C(=O)NC[C@H]3CCCN(C(C)C)C3)c2)cc1. The Morgan fingerprint density at radius 1 is 1.20 bits per heavy atom. The van der Waals surface area contributed by atoms with Gasteiger partial charge in [-0.3, -0.25) is 14.6 Å². The van der Waals surface area contributed by atoms with E-state index in [0.717, 1.165) is 19.5 Å². The molecular formula is C23H30N4O3. The number of hydrogen-bond donors (Lipinski definition) is 2. The van der Waals surface area contributed by atoms with E-state index in [1.165, 1.54) is 13.3 Å². The molecule has 1 aliphatic heterocycles. The van der Waals surface area contributed by atoms with E-state index in [1.807, 2.05) is 0 Å². The van der Waals surface area contributed by atoms with E-state index in [1.54, 1.807) is 42.6 Å². The van der Waals surface area contributed by atoms with Crippen LogP contribution in [0.15, 0.2) is 42.6 Å². The lowest BCUT2D eigenvalue weighted by molar-refractivity contribution is -0.114. The highest BCUT2D eigenvalue weighted by atomic mass is 16.5. The van der Waals surface area contributed by atoms with Gasteiger partial charge in [-0.25, -0.2) is 0 Å². The van der Waals surface area contributed by atoms with Crippen LogP contribution in [0.5, 0.6) is 11.5 Å². The molecule has 2 aromatic rings. The molecule has 1 atom stereocenters. The molecule has 30 heavy (non-hydrogen) atoms. The first-order chi connectivity index (χ1) is 14.4. The van der Waals surface area contributed by atoms with Gasteiger partial charge in [-0.2, -0.15) is 0 Å². The molecule has 7 nitrogen and oxygen atoms in total. The highest BCUT2D eigenvalue weighted by Crippen LogP contribution is 2.23. The minimum absolute atomic E-state index is 0.126. The van der Waals surface area contributed by atoms with E-state index in [4.69, 9.17) is 4.74 Å². The first-order valence-electron chi connectivity index (χ1n) is 10.4. The third kappa shape index (κ3) is 6.29. The zero-order chi connectivity index (χ0) is 21.5. The molecule has 0 radical (unpaired) electrons. The highest BCUT2D eigenvalue weighted by molar-refractivity contribution is 5.92. The fourth-order valence-electron chi connectivity index (χ4n) is 3.60. The number of nitrogens with zero attached hydrogens (tertiary/aromatic N) is 2. The molecule has 2 amide bonds. The van der Waals surface area contributed by atoms with Crippen LogP contribution >= 0.6 is 0 Å². The van der Waals surface area contributed by atoms with Crippen LogP contribution in [0.3, 0.4) is 0 Å². The summed E-state index contributed by atoms with van der Waals surface area (Å²) in [4.78, 5) is 30.3. The Labute approximate surface area is 177 Å². The maximum atomic E-state index is 12.6. The maximum Gasteiger partial charge on any atom is 0.270 e. The molecule has 1 aromatic heterocycles. The lowest BCUT2D eigenvalue weighted by Gasteiger charge is -2.35. The average Bonchev–Trinajstić information content (AvgIpc) is 2.73. The predicted molar refractivity (Wildman–Crippen MR) is 117 cm³/mol. The second-order valence-electron chi connectivity index (χ2n) is 7.99. The molecule has 1 aliphatic rings. The summed E-state index contributed by atoms with van der Waals surface area (Å²) in [7, 11) is 0. The van der Waals surface area contributed by atoms with Crippen LogP contribution in [0.4, 0.5) is 5.69 Å². The summed E-state index contributed by atoms with van der Waals surface area (Å²) in [5.74, 6) is 1.29. The molecule has 2 N–H and O–H groups in total. The topological polar surface area (TPSA) is 83.6 Å². The molecule has 3 rings (SSSR count).